The zero-order chi connectivity index (χ0) is 19.8. The van der Waals surface area contributed by atoms with Crippen LogP contribution in [0.15, 0.2) is 23.2 Å². The van der Waals surface area contributed by atoms with E-state index in [4.69, 9.17) is 20.2 Å². The van der Waals surface area contributed by atoms with Crippen molar-refractivity contribution in [3.05, 3.63) is 29.6 Å². The molecule has 2 aliphatic rings. The van der Waals surface area contributed by atoms with Gasteiger partial charge < -0.3 is 15.2 Å². The molecule has 0 bridgehead atoms. The second kappa shape index (κ2) is 7.43. The lowest BCUT2D eigenvalue weighted by Gasteiger charge is -2.38. The highest BCUT2D eigenvalue weighted by Gasteiger charge is 2.53. The molecule has 2 N–H and O–H groups in total. The third-order valence-corrected chi connectivity index (χ3v) is 6.20. The molecule has 3 atom stereocenters. The molecule has 7 heteroatoms. The molecule has 0 radical (unpaired) electrons. The van der Waals surface area contributed by atoms with Crippen LogP contribution in [0, 0.1) is 11.7 Å². The molecule has 148 valence electrons. The Balaban J connectivity index is 1.98. The number of nitrogen functional groups attached to an aromatic ring is 1. The smallest absolute Gasteiger partial charge is 0.312 e. The minimum Gasteiger partial charge on any atom is -0.460 e. The molecular weight excluding hydrogens is 367 g/mol. The number of carbonyl (C=O) groups excluding carboxylic acids is 1. The molecule has 1 aromatic carbocycles. The Kier molecular flexibility index (Phi) is 5.54. The van der Waals surface area contributed by atoms with Gasteiger partial charge >= 0.3 is 5.97 Å². The normalized spacial score (nSPS) is 27.8. The number of methoxy groups -OCH3 is 1. The van der Waals surface area contributed by atoms with Crippen molar-refractivity contribution >= 4 is 28.5 Å². The molecule has 1 saturated carbocycles. The third kappa shape index (κ3) is 4.14. The van der Waals surface area contributed by atoms with Crippen molar-refractivity contribution in [1.82, 2.24) is 0 Å². The summed E-state index contributed by atoms with van der Waals surface area (Å²) in [5, 5.41) is 0.680. The number of nitrogens with zero attached hydrogens (tertiary/aromatic N) is 1. The molecule has 1 aliphatic carbocycles. The number of benzene rings is 1. The first-order valence-electron chi connectivity index (χ1n) is 9.16. The third-order valence-electron chi connectivity index (χ3n) is 5.10. The monoisotopic (exact) mass is 394 g/mol. The Labute approximate surface area is 163 Å². The summed E-state index contributed by atoms with van der Waals surface area (Å²) in [6.45, 7) is 5.50. The Morgan fingerprint density at radius 1 is 1.44 bits per heavy atom. The summed E-state index contributed by atoms with van der Waals surface area (Å²) in [7, 11) is 1.68. The van der Waals surface area contributed by atoms with Gasteiger partial charge in [0.15, 0.2) is 0 Å². The van der Waals surface area contributed by atoms with Crippen molar-refractivity contribution < 1.29 is 18.7 Å². The lowest BCUT2D eigenvalue weighted by Crippen LogP contribution is -2.40. The van der Waals surface area contributed by atoms with E-state index in [0.29, 0.717) is 28.5 Å². The zero-order valence-corrected chi connectivity index (χ0v) is 17.1. The summed E-state index contributed by atoms with van der Waals surface area (Å²) in [5.41, 5.74) is 5.64. The van der Waals surface area contributed by atoms with E-state index in [2.05, 4.69) is 0 Å². The first-order chi connectivity index (χ1) is 12.6. The number of rotatable bonds is 4. The number of aliphatic imine (C=N–C) groups is 1. The van der Waals surface area contributed by atoms with Gasteiger partial charge in [-0.05, 0) is 51.8 Å². The van der Waals surface area contributed by atoms with E-state index < -0.39 is 11.1 Å². The number of halogens is 1. The predicted octanol–water partition coefficient (Wildman–Crippen LogP) is 3.91. The highest BCUT2D eigenvalue weighted by molar-refractivity contribution is 8.14. The van der Waals surface area contributed by atoms with Crippen molar-refractivity contribution in [1.29, 1.82) is 0 Å². The molecule has 0 amide bonds. The molecule has 27 heavy (non-hydrogen) atoms. The second-order valence-electron chi connectivity index (χ2n) is 8.16. The molecule has 1 aromatic rings. The number of anilines is 1. The van der Waals surface area contributed by atoms with Gasteiger partial charge in [0.1, 0.15) is 11.4 Å². The summed E-state index contributed by atoms with van der Waals surface area (Å²) in [5.74, 6) is 0.107. The SMILES string of the molecule is CO[C@H]1CC[C@]2(c3cc(N)ccc3F)N=C(CC(=O)OC(C)(C)C)SC[C@H]12. The van der Waals surface area contributed by atoms with Gasteiger partial charge in [0.2, 0.25) is 0 Å². The second-order valence-corrected chi connectivity index (χ2v) is 9.26. The summed E-state index contributed by atoms with van der Waals surface area (Å²) < 4.78 is 25.8. The van der Waals surface area contributed by atoms with Crippen LogP contribution in [0.2, 0.25) is 0 Å². The number of carbonyl (C=O) groups is 1. The topological polar surface area (TPSA) is 73.9 Å². The van der Waals surface area contributed by atoms with Gasteiger partial charge in [0, 0.05) is 30.0 Å². The largest absolute Gasteiger partial charge is 0.460 e. The summed E-state index contributed by atoms with van der Waals surface area (Å²) in [4.78, 5) is 17.2. The number of hydrogen-bond donors (Lipinski definition) is 1. The number of nitrogens with two attached hydrogens (primary N) is 1. The van der Waals surface area contributed by atoms with E-state index in [-0.39, 0.29) is 30.2 Å². The van der Waals surface area contributed by atoms with Crippen LogP contribution in [-0.2, 0) is 19.8 Å². The fraction of sp³-hybridized carbons (Fsp3) is 0.600. The number of esters is 1. The minimum atomic E-state index is -0.747. The predicted molar refractivity (Wildman–Crippen MR) is 106 cm³/mol. The Hall–Kier alpha value is -1.60. The van der Waals surface area contributed by atoms with Crippen molar-refractivity contribution in [3.8, 4) is 0 Å². The first kappa shape index (κ1) is 20.1. The van der Waals surface area contributed by atoms with Gasteiger partial charge in [-0.3, -0.25) is 9.79 Å². The highest BCUT2D eigenvalue weighted by atomic mass is 32.2. The molecule has 0 aromatic heterocycles. The lowest BCUT2D eigenvalue weighted by atomic mass is 9.80. The molecule has 0 spiro atoms. The average molecular weight is 395 g/mol. The molecule has 1 aliphatic heterocycles. The van der Waals surface area contributed by atoms with Gasteiger partial charge in [-0.1, -0.05) is 0 Å². The maximum atomic E-state index is 14.8. The Bertz CT molecular complexity index is 762. The maximum Gasteiger partial charge on any atom is 0.312 e. The van der Waals surface area contributed by atoms with Crippen LogP contribution in [0.5, 0.6) is 0 Å². The molecular formula is C20H27FN2O3S. The van der Waals surface area contributed by atoms with Crippen LogP contribution in [-0.4, -0.2) is 35.6 Å². The van der Waals surface area contributed by atoms with Crippen LogP contribution in [0.3, 0.4) is 0 Å². The molecule has 3 rings (SSSR count). The lowest BCUT2D eigenvalue weighted by molar-refractivity contribution is -0.153. The minimum absolute atomic E-state index is 0.00478. The van der Waals surface area contributed by atoms with Crippen LogP contribution in [0.1, 0.15) is 45.6 Å². The van der Waals surface area contributed by atoms with Gasteiger partial charge in [0.25, 0.3) is 0 Å². The molecule has 0 unspecified atom stereocenters. The van der Waals surface area contributed by atoms with E-state index in [1.54, 1.807) is 19.2 Å². The quantitative estimate of drug-likeness (QED) is 0.619. The van der Waals surface area contributed by atoms with E-state index >= 15 is 0 Å². The van der Waals surface area contributed by atoms with Gasteiger partial charge in [-0.25, -0.2) is 4.39 Å². The van der Waals surface area contributed by atoms with E-state index in [1.807, 2.05) is 20.8 Å². The summed E-state index contributed by atoms with van der Waals surface area (Å²) in [6.07, 6.45) is 1.55. The van der Waals surface area contributed by atoms with Crippen molar-refractivity contribution in [2.75, 3.05) is 18.6 Å². The number of thioether (sulfide) groups is 1. The Morgan fingerprint density at radius 3 is 2.85 bits per heavy atom. The van der Waals surface area contributed by atoms with Crippen molar-refractivity contribution in [2.45, 2.75) is 57.3 Å². The first-order valence-corrected chi connectivity index (χ1v) is 10.1. The highest BCUT2D eigenvalue weighted by Crippen LogP contribution is 2.53. The van der Waals surface area contributed by atoms with Crippen LogP contribution < -0.4 is 5.73 Å². The van der Waals surface area contributed by atoms with Crippen molar-refractivity contribution in [3.63, 3.8) is 0 Å². The van der Waals surface area contributed by atoms with Gasteiger partial charge in [-0.15, -0.1) is 11.8 Å². The van der Waals surface area contributed by atoms with Gasteiger partial charge in [0.05, 0.1) is 23.1 Å². The van der Waals surface area contributed by atoms with Crippen LogP contribution >= 0.6 is 11.8 Å². The standard InChI is InChI=1S/C20H27FN2O3S/c1-19(2,3)26-18(24)10-17-23-20(13-9-12(22)5-6-15(13)21)8-7-16(25-4)14(20)11-27-17/h5-6,9,14,16H,7-8,10-11,22H2,1-4H3/t14-,16+,20-/m1/s1. The fourth-order valence-electron chi connectivity index (χ4n) is 4.02. The van der Waals surface area contributed by atoms with Crippen LogP contribution in [0.4, 0.5) is 10.1 Å². The molecule has 5 nitrogen and oxygen atoms in total. The van der Waals surface area contributed by atoms with Gasteiger partial charge in [-0.2, -0.15) is 0 Å². The molecule has 0 saturated heterocycles. The summed E-state index contributed by atoms with van der Waals surface area (Å²) >= 11 is 1.53. The summed E-state index contributed by atoms with van der Waals surface area (Å²) in [6, 6.07) is 4.61. The van der Waals surface area contributed by atoms with E-state index in [9.17, 15) is 9.18 Å². The Morgan fingerprint density at radius 2 is 2.19 bits per heavy atom. The van der Waals surface area contributed by atoms with Crippen molar-refractivity contribution in [2.24, 2.45) is 10.9 Å². The van der Waals surface area contributed by atoms with E-state index in [0.717, 1.165) is 6.42 Å². The van der Waals surface area contributed by atoms with Crippen LogP contribution in [0.25, 0.3) is 0 Å². The maximum absolute atomic E-state index is 14.8. The number of hydrogen-bond acceptors (Lipinski definition) is 6. The number of ether oxygens (including phenoxy) is 2. The molecule has 1 heterocycles. The zero-order valence-electron chi connectivity index (χ0n) is 16.3. The average Bonchev–Trinajstić information content (AvgIpc) is 2.94. The van der Waals surface area contributed by atoms with E-state index in [1.165, 1.54) is 17.8 Å². The molecule has 1 fully saturated rings. The fourth-order valence-corrected chi connectivity index (χ4v) is 5.33. The number of fused-ring (bicyclic) bond motifs is 1.